The minimum Gasteiger partial charge on any atom is -0.373 e. The van der Waals surface area contributed by atoms with Crippen molar-refractivity contribution < 1.29 is 4.79 Å². The van der Waals surface area contributed by atoms with E-state index in [4.69, 9.17) is 0 Å². The smallest absolute Gasteiger partial charge is 0.245 e. The molecule has 1 aromatic rings. The molecule has 0 saturated carbocycles. The number of hydrogen-bond acceptors (Lipinski definition) is 3. The molecule has 2 aliphatic rings. The van der Waals surface area contributed by atoms with Gasteiger partial charge in [-0.3, -0.25) is 4.79 Å². The first-order valence-electron chi connectivity index (χ1n) is 7.02. The summed E-state index contributed by atoms with van der Waals surface area (Å²) in [4.78, 5) is 14.6. The number of carbonyl (C=O) groups excluding carboxylic acids is 1. The predicted molar refractivity (Wildman–Crippen MR) is 80.7 cm³/mol. The van der Waals surface area contributed by atoms with Gasteiger partial charge in [0.1, 0.15) is 6.04 Å². The highest BCUT2D eigenvalue weighted by atomic mass is 32.2. The molecule has 2 aliphatic heterocycles. The molecule has 0 aromatic heterocycles. The van der Waals surface area contributed by atoms with Gasteiger partial charge in [0.25, 0.3) is 0 Å². The van der Waals surface area contributed by atoms with E-state index in [0.717, 1.165) is 37.4 Å². The largest absolute Gasteiger partial charge is 0.373 e. The molecule has 1 unspecified atom stereocenters. The average Bonchev–Trinajstić information content (AvgIpc) is 2.90. The summed E-state index contributed by atoms with van der Waals surface area (Å²) in [6.07, 6.45) is 1.97. The SMILES string of the molecule is CCC1CN(C(=O)[C@@H]2Cc3ccccc3N2)CCS1. The van der Waals surface area contributed by atoms with E-state index < -0.39 is 0 Å². The Morgan fingerprint density at radius 1 is 1.47 bits per heavy atom. The molecule has 102 valence electrons. The molecule has 1 aromatic carbocycles. The van der Waals surface area contributed by atoms with Crippen LogP contribution in [0.4, 0.5) is 5.69 Å². The van der Waals surface area contributed by atoms with Gasteiger partial charge in [-0.15, -0.1) is 0 Å². The van der Waals surface area contributed by atoms with Crippen LogP contribution in [0.3, 0.4) is 0 Å². The maximum absolute atomic E-state index is 12.6. The molecule has 0 spiro atoms. The molecule has 0 radical (unpaired) electrons. The monoisotopic (exact) mass is 276 g/mol. The minimum atomic E-state index is -0.0574. The zero-order valence-corrected chi connectivity index (χ0v) is 12.1. The molecule has 19 heavy (non-hydrogen) atoms. The number of para-hydroxylation sites is 1. The van der Waals surface area contributed by atoms with E-state index in [2.05, 4.69) is 24.4 Å². The van der Waals surface area contributed by atoms with Crippen LogP contribution >= 0.6 is 11.8 Å². The number of benzene rings is 1. The number of hydrogen-bond donors (Lipinski definition) is 1. The van der Waals surface area contributed by atoms with Gasteiger partial charge in [-0.2, -0.15) is 11.8 Å². The molecule has 0 aliphatic carbocycles. The standard InChI is InChI=1S/C15H20N2OS/c1-2-12-10-17(7-8-19-12)15(18)14-9-11-5-3-4-6-13(11)16-14/h3-6,12,14,16H,2,7-10H2,1H3/t12?,14-/m0/s1. The van der Waals surface area contributed by atoms with Gasteiger partial charge in [0, 0.05) is 36.2 Å². The second-order valence-electron chi connectivity index (χ2n) is 5.24. The van der Waals surface area contributed by atoms with Crippen molar-refractivity contribution in [2.75, 3.05) is 24.2 Å². The summed E-state index contributed by atoms with van der Waals surface area (Å²) in [7, 11) is 0. The fourth-order valence-electron chi connectivity index (χ4n) is 2.83. The average molecular weight is 276 g/mol. The first kappa shape index (κ1) is 12.9. The fourth-order valence-corrected chi connectivity index (χ4v) is 4.01. The number of amides is 1. The van der Waals surface area contributed by atoms with Gasteiger partial charge in [0.15, 0.2) is 0 Å². The van der Waals surface area contributed by atoms with Gasteiger partial charge in [0.2, 0.25) is 5.91 Å². The van der Waals surface area contributed by atoms with Crippen LogP contribution in [0.25, 0.3) is 0 Å². The molecule has 3 rings (SSSR count). The molecule has 2 heterocycles. The predicted octanol–water partition coefficient (Wildman–Crippen LogP) is 2.38. The second-order valence-corrected chi connectivity index (χ2v) is 6.65. The van der Waals surface area contributed by atoms with Crippen molar-refractivity contribution in [1.29, 1.82) is 0 Å². The highest BCUT2D eigenvalue weighted by Crippen LogP contribution is 2.28. The molecule has 1 fully saturated rings. The number of rotatable bonds is 2. The summed E-state index contributed by atoms with van der Waals surface area (Å²) in [5.41, 5.74) is 2.39. The molecule has 1 saturated heterocycles. The van der Waals surface area contributed by atoms with Crippen LogP contribution in [0.1, 0.15) is 18.9 Å². The van der Waals surface area contributed by atoms with Crippen LogP contribution in [0, 0.1) is 0 Å². The summed E-state index contributed by atoms with van der Waals surface area (Å²) < 4.78 is 0. The van der Waals surface area contributed by atoms with Crippen LogP contribution in [0.2, 0.25) is 0 Å². The molecule has 0 bridgehead atoms. The summed E-state index contributed by atoms with van der Waals surface area (Å²) in [5, 5.41) is 3.98. The highest BCUT2D eigenvalue weighted by molar-refractivity contribution is 8.00. The van der Waals surface area contributed by atoms with E-state index >= 15 is 0 Å². The van der Waals surface area contributed by atoms with Gasteiger partial charge in [-0.1, -0.05) is 25.1 Å². The Kier molecular flexibility index (Phi) is 3.69. The van der Waals surface area contributed by atoms with Crippen LogP contribution in [0.5, 0.6) is 0 Å². The van der Waals surface area contributed by atoms with Crippen molar-refractivity contribution in [3.05, 3.63) is 29.8 Å². The van der Waals surface area contributed by atoms with E-state index in [0.29, 0.717) is 5.25 Å². The molecular formula is C15H20N2OS. The fraction of sp³-hybridized carbons (Fsp3) is 0.533. The topological polar surface area (TPSA) is 32.3 Å². The van der Waals surface area contributed by atoms with Crippen LogP contribution in [-0.4, -0.2) is 40.9 Å². The lowest BCUT2D eigenvalue weighted by Gasteiger charge is -2.33. The van der Waals surface area contributed by atoms with Crippen molar-refractivity contribution in [3.63, 3.8) is 0 Å². The lowest BCUT2D eigenvalue weighted by Crippen LogP contribution is -2.48. The lowest BCUT2D eigenvalue weighted by atomic mass is 10.1. The van der Waals surface area contributed by atoms with Crippen LogP contribution in [0.15, 0.2) is 24.3 Å². The molecule has 1 N–H and O–H groups in total. The molecular weight excluding hydrogens is 256 g/mol. The van der Waals surface area contributed by atoms with E-state index in [-0.39, 0.29) is 11.9 Å². The first-order chi connectivity index (χ1) is 9.28. The van der Waals surface area contributed by atoms with Gasteiger partial charge in [0.05, 0.1) is 0 Å². The zero-order chi connectivity index (χ0) is 13.2. The highest BCUT2D eigenvalue weighted by Gasteiger charge is 2.32. The Morgan fingerprint density at radius 2 is 2.32 bits per heavy atom. The third kappa shape index (κ3) is 2.59. The Balaban J connectivity index is 1.66. The first-order valence-corrected chi connectivity index (χ1v) is 8.07. The van der Waals surface area contributed by atoms with E-state index in [1.54, 1.807) is 0 Å². The number of nitrogens with zero attached hydrogens (tertiary/aromatic N) is 1. The zero-order valence-electron chi connectivity index (χ0n) is 11.3. The minimum absolute atomic E-state index is 0.0574. The Hall–Kier alpha value is -1.16. The Bertz CT molecular complexity index is 452. The number of anilines is 1. The van der Waals surface area contributed by atoms with Crippen molar-refractivity contribution in [2.45, 2.75) is 31.1 Å². The summed E-state index contributed by atoms with van der Waals surface area (Å²) in [6.45, 7) is 4.01. The Morgan fingerprint density at radius 3 is 3.11 bits per heavy atom. The van der Waals surface area contributed by atoms with E-state index in [1.165, 1.54) is 5.56 Å². The maximum Gasteiger partial charge on any atom is 0.245 e. The molecule has 4 heteroatoms. The normalized spacial score (nSPS) is 25.8. The summed E-state index contributed by atoms with van der Waals surface area (Å²) >= 11 is 2.00. The van der Waals surface area contributed by atoms with Gasteiger partial charge in [-0.25, -0.2) is 0 Å². The van der Waals surface area contributed by atoms with Gasteiger partial charge < -0.3 is 10.2 Å². The quantitative estimate of drug-likeness (QED) is 0.900. The third-order valence-electron chi connectivity index (χ3n) is 3.98. The van der Waals surface area contributed by atoms with Crippen molar-refractivity contribution in [3.8, 4) is 0 Å². The molecule has 1 amide bonds. The van der Waals surface area contributed by atoms with Crippen molar-refractivity contribution in [2.24, 2.45) is 0 Å². The lowest BCUT2D eigenvalue weighted by molar-refractivity contribution is -0.131. The van der Waals surface area contributed by atoms with Crippen molar-refractivity contribution in [1.82, 2.24) is 4.90 Å². The van der Waals surface area contributed by atoms with E-state index in [9.17, 15) is 4.79 Å². The Labute approximate surface area is 118 Å². The maximum atomic E-state index is 12.6. The van der Waals surface area contributed by atoms with Crippen LogP contribution < -0.4 is 5.32 Å². The summed E-state index contributed by atoms with van der Waals surface area (Å²) in [5.74, 6) is 1.35. The number of carbonyl (C=O) groups is 1. The van der Waals surface area contributed by atoms with Crippen molar-refractivity contribution >= 4 is 23.4 Å². The van der Waals surface area contributed by atoms with Gasteiger partial charge >= 0.3 is 0 Å². The number of thioether (sulfide) groups is 1. The number of fused-ring (bicyclic) bond motifs is 1. The van der Waals surface area contributed by atoms with Gasteiger partial charge in [-0.05, 0) is 18.1 Å². The molecule has 2 atom stereocenters. The number of nitrogens with one attached hydrogen (secondary N) is 1. The third-order valence-corrected chi connectivity index (χ3v) is 5.35. The molecule has 3 nitrogen and oxygen atoms in total. The van der Waals surface area contributed by atoms with Crippen LogP contribution in [-0.2, 0) is 11.2 Å². The second kappa shape index (κ2) is 5.45. The summed E-state index contributed by atoms with van der Waals surface area (Å²) in [6, 6.07) is 8.17. The van der Waals surface area contributed by atoms with E-state index in [1.807, 2.05) is 28.8 Å².